The van der Waals surface area contributed by atoms with Crippen molar-refractivity contribution in [2.45, 2.75) is 43.9 Å². The lowest BCUT2D eigenvalue weighted by atomic mass is 10.2. The van der Waals surface area contributed by atoms with Crippen LogP contribution in [-0.2, 0) is 10.0 Å². The van der Waals surface area contributed by atoms with E-state index in [-0.39, 0.29) is 10.8 Å². The molecule has 2 heterocycles. The van der Waals surface area contributed by atoms with Gasteiger partial charge in [-0.3, -0.25) is 4.79 Å². The number of amides is 1. The van der Waals surface area contributed by atoms with E-state index in [0.717, 1.165) is 37.1 Å². The van der Waals surface area contributed by atoms with Crippen molar-refractivity contribution < 1.29 is 17.9 Å². The number of anilines is 4. The Hall–Kier alpha value is -3.12. The minimum absolute atomic E-state index is 0.183. The third-order valence-corrected chi connectivity index (χ3v) is 8.77. The predicted octanol–water partition coefficient (Wildman–Crippen LogP) is 1.91. The van der Waals surface area contributed by atoms with Crippen molar-refractivity contribution in [2.75, 3.05) is 48.3 Å². The molecule has 1 amide bonds. The van der Waals surface area contributed by atoms with E-state index in [1.165, 1.54) is 6.20 Å². The molecule has 35 heavy (non-hydrogen) atoms. The third kappa shape index (κ3) is 5.27. The molecule has 1 aromatic heterocycles. The van der Waals surface area contributed by atoms with E-state index in [1.54, 1.807) is 4.31 Å². The van der Waals surface area contributed by atoms with Crippen LogP contribution >= 0.6 is 0 Å². The Labute approximate surface area is 205 Å². The molecule has 3 fully saturated rings. The number of aromatic nitrogens is 2. The number of nitrogens with one attached hydrogen (secondary N) is 2. The number of hydrogen-bond donors (Lipinski definition) is 3. The second-order valence-corrected chi connectivity index (χ2v) is 11.3. The van der Waals surface area contributed by atoms with Crippen LogP contribution in [0.2, 0.25) is 0 Å². The van der Waals surface area contributed by atoms with Gasteiger partial charge < -0.3 is 26.0 Å². The topological polar surface area (TPSA) is 143 Å². The second-order valence-electron chi connectivity index (χ2n) is 9.11. The smallest absolute Gasteiger partial charge is 0.254 e. The number of piperazine rings is 1. The number of benzene rings is 1. The van der Waals surface area contributed by atoms with Crippen LogP contribution in [0, 0.1) is 0 Å². The zero-order chi connectivity index (χ0) is 24.6. The van der Waals surface area contributed by atoms with Crippen molar-refractivity contribution in [3.8, 4) is 5.75 Å². The Morgan fingerprint density at radius 3 is 2.54 bits per heavy atom. The molecule has 3 aliphatic rings. The molecule has 5 rings (SSSR count). The van der Waals surface area contributed by atoms with Crippen LogP contribution in [0.1, 0.15) is 43.0 Å². The molecule has 0 radical (unpaired) electrons. The number of hydrogen-bond acceptors (Lipinski definition) is 9. The van der Waals surface area contributed by atoms with Crippen molar-refractivity contribution in [1.29, 1.82) is 0 Å². The summed E-state index contributed by atoms with van der Waals surface area (Å²) in [4.78, 5) is 22.6. The highest BCUT2D eigenvalue weighted by molar-refractivity contribution is 7.90. The average molecular weight is 502 g/mol. The van der Waals surface area contributed by atoms with Crippen LogP contribution in [0.25, 0.3) is 0 Å². The maximum Gasteiger partial charge on any atom is 0.254 e. The monoisotopic (exact) mass is 501 g/mol. The Kier molecular flexibility index (Phi) is 6.41. The van der Waals surface area contributed by atoms with E-state index in [9.17, 15) is 13.2 Å². The van der Waals surface area contributed by atoms with Gasteiger partial charge in [0.25, 0.3) is 5.91 Å². The number of carbonyl (C=O) groups excluding carboxylic acids is 1. The highest BCUT2D eigenvalue weighted by Crippen LogP contribution is 2.35. The molecule has 1 saturated heterocycles. The zero-order valence-electron chi connectivity index (χ0n) is 19.7. The largest absolute Gasteiger partial charge is 0.492 e. The van der Waals surface area contributed by atoms with E-state index in [1.807, 2.05) is 25.1 Å². The van der Waals surface area contributed by atoms with Crippen LogP contribution in [-0.4, -0.2) is 72.7 Å². The van der Waals surface area contributed by atoms with Gasteiger partial charge in [0.1, 0.15) is 11.6 Å². The minimum atomic E-state index is -3.15. The maximum absolute atomic E-state index is 12.6. The summed E-state index contributed by atoms with van der Waals surface area (Å²) in [5.41, 5.74) is 7.38. The van der Waals surface area contributed by atoms with E-state index in [4.69, 9.17) is 10.5 Å². The SMILES string of the molecule is CCOc1cc(Nc2ncc(C(N)=O)c(NC3CC3)n2)ccc1N1CCN(S(=O)(=O)C2CC2)CC1. The van der Waals surface area contributed by atoms with Gasteiger partial charge in [0, 0.05) is 50.2 Å². The lowest BCUT2D eigenvalue weighted by Gasteiger charge is -2.36. The molecule has 12 heteroatoms. The standard InChI is InChI=1S/C23H31N7O4S/c1-2-34-20-13-16(27-23-25-14-18(21(24)31)22(28-23)26-15-3-4-15)5-8-19(20)29-9-11-30(12-10-29)35(32,33)17-6-7-17/h5,8,13-15,17H,2-4,6-7,9-12H2,1H3,(H2,24,31)(H2,25,26,27,28). The number of rotatable bonds is 10. The molecule has 2 aliphatic carbocycles. The number of nitrogens with two attached hydrogens (primary N) is 1. The van der Waals surface area contributed by atoms with Crippen LogP contribution in [0.5, 0.6) is 5.75 Å². The summed E-state index contributed by atoms with van der Waals surface area (Å²) in [5.74, 6) is 0.888. The quantitative estimate of drug-likeness (QED) is 0.445. The normalized spacial score (nSPS) is 18.8. The molecule has 188 valence electrons. The molecular weight excluding hydrogens is 470 g/mol. The molecule has 0 atom stereocenters. The highest BCUT2D eigenvalue weighted by atomic mass is 32.2. The fourth-order valence-electron chi connectivity index (χ4n) is 4.17. The van der Waals surface area contributed by atoms with Gasteiger partial charge >= 0.3 is 0 Å². The molecule has 0 unspecified atom stereocenters. The first-order valence-corrected chi connectivity index (χ1v) is 13.6. The lowest BCUT2D eigenvalue weighted by Crippen LogP contribution is -2.49. The molecule has 2 aromatic rings. The van der Waals surface area contributed by atoms with Crippen LogP contribution in [0.15, 0.2) is 24.4 Å². The van der Waals surface area contributed by atoms with Gasteiger partial charge in [-0.15, -0.1) is 0 Å². The van der Waals surface area contributed by atoms with Crippen LogP contribution in [0.4, 0.5) is 23.1 Å². The molecule has 1 aliphatic heterocycles. The lowest BCUT2D eigenvalue weighted by molar-refractivity contribution is 0.100. The Bertz CT molecular complexity index is 1210. The molecule has 11 nitrogen and oxygen atoms in total. The minimum Gasteiger partial charge on any atom is -0.492 e. The van der Waals surface area contributed by atoms with Crippen molar-refractivity contribution in [2.24, 2.45) is 5.73 Å². The van der Waals surface area contributed by atoms with Gasteiger partial charge in [-0.2, -0.15) is 9.29 Å². The van der Waals surface area contributed by atoms with Gasteiger partial charge in [0.2, 0.25) is 16.0 Å². The van der Waals surface area contributed by atoms with E-state index in [0.29, 0.717) is 56.3 Å². The Morgan fingerprint density at radius 1 is 1.17 bits per heavy atom. The third-order valence-electron chi connectivity index (χ3n) is 6.37. The van der Waals surface area contributed by atoms with Crippen molar-refractivity contribution >= 4 is 39.1 Å². The average Bonchev–Trinajstić information content (AvgIpc) is 3.74. The first-order valence-electron chi connectivity index (χ1n) is 12.1. The van der Waals surface area contributed by atoms with Crippen molar-refractivity contribution in [3.63, 3.8) is 0 Å². The van der Waals surface area contributed by atoms with Crippen molar-refractivity contribution in [1.82, 2.24) is 14.3 Å². The van der Waals surface area contributed by atoms with E-state index < -0.39 is 15.9 Å². The van der Waals surface area contributed by atoms with E-state index >= 15 is 0 Å². The van der Waals surface area contributed by atoms with Gasteiger partial charge in [0.05, 0.1) is 23.1 Å². The van der Waals surface area contributed by atoms with Gasteiger partial charge in [-0.1, -0.05) is 0 Å². The number of ether oxygens (including phenoxy) is 1. The summed E-state index contributed by atoms with van der Waals surface area (Å²) in [6, 6.07) is 6.05. The Balaban J connectivity index is 1.31. The van der Waals surface area contributed by atoms with Crippen LogP contribution < -0.4 is 26.0 Å². The van der Waals surface area contributed by atoms with E-state index in [2.05, 4.69) is 25.5 Å². The van der Waals surface area contributed by atoms with Gasteiger partial charge in [0.15, 0.2) is 0 Å². The summed E-state index contributed by atoms with van der Waals surface area (Å²) < 4.78 is 32.7. The van der Waals surface area contributed by atoms with Gasteiger partial charge in [-0.05, 0) is 44.7 Å². The maximum atomic E-state index is 12.6. The summed E-state index contributed by atoms with van der Waals surface area (Å²) in [7, 11) is -3.15. The summed E-state index contributed by atoms with van der Waals surface area (Å²) in [6.07, 6.45) is 5.04. The molecular formula is C23H31N7O4S. The fourth-order valence-corrected chi connectivity index (χ4v) is 5.99. The van der Waals surface area contributed by atoms with Gasteiger partial charge in [-0.25, -0.2) is 13.4 Å². The Morgan fingerprint density at radius 2 is 1.91 bits per heavy atom. The molecule has 4 N–H and O–H groups in total. The molecule has 0 bridgehead atoms. The predicted molar refractivity (Wildman–Crippen MR) is 134 cm³/mol. The molecule has 2 saturated carbocycles. The molecule has 0 spiro atoms. The number of nitrogens with zero attached hydrogens (tertiary/aromatic N) is 4. The molecule has 1 aromatic carbocycles. The summed E-state index contributed by atoms with van der Waals surface area (Å²) in [5, 5.41) is 6.23. The first-order chi connectivity index (χ1) is 16.8. The summed E-state index contributed by atoms with van der Waals surface area (Å²) >= 11 is 0. The fraction of sp³-hybridized carbons (Fsp3) is 0.522. The number of sulfonamides is 1. The first kappa shape index (κ1) is 23.6. The second kappa shape index (κ2) is 9.50. The van der Waals surface area contributed by atoms with Crippen molar-refractivity contribution in [3.05, 3.63) is 30.0 Å². The number of carbonyl (C=O) groups is 1. The summed E-state index contributed by atoms with van der Waals surface area (Å²) in [6.45, 7) is 4.57. The highest BCUT2D eigenvalue weighted by Gasteiger charge is 2.41. The number of primary amides is 1. The zero-order valence-corrected chi connectivity index (χ0v) is 20.6. The van der Waals surface area contributed by atoms with Crippen LogP contribution in [0.3, 0.4) is 0 Å².